The Hall–Kier alpha value is -2.56. The number of nitrogen functional groups attached to an aromatic ring is 1. The van der Waals surface area contributed by atoms with Crippen LogP contribution in [0, 0.1) is 0 Å². The normalized spacial score (nSPS) is 17.9. The standard InChI is InChI=1S/C20H25N3O2/c1-20(2,3)25-19(24)22-15-10-8-13(9-11-15)18-16-7-5-4-6-14(16)12-17(21)23-18/h4-8,12,15H,9-11H2,1-3H3,(H2,21,23)(H,22,24). The Morgan fingerprint density at radius 3 is 2.76 bits per heavy atom. The molecule has 0 saturated carbocycles. The van der Waals surface area contributed by atoms with E-state index in [2.05, 4.69) is 22.4 Å². The molecule has 3 N–H and O–H groups in total. The minimum atomic E-state index is -0.482. The summed E-state index contributed by atoms with van der Waals surface area (Å²) in [5, 5.41) is 5.15. The third-order valence-corrected chi connectivity index (χ3v) is 4.20. The summed E-state index contributed by atoms with van der Waals surface area (Å²) in [6.45, 7) is 5.59. The summed E-state index contributed by atoms with van der Waals surface area (Å²) in [4.78, 5) is 16.5. The van der Waals surface area contributed by atoms with E-state index in [1.807, 2.05) is 45.0 Å². The van der Waals surface area contributed by atoms with E-state index in [1.165, 1.54) is 5.57 Å². The minimum Gasteiger partial charge on any atom is -0.444 e. The number of carbonyl (C=O) groups is 1. The van der Waals surface area contributed by atoms with Gasteiger partial charge in [0, 0.05) is 11.4 Å². The molecule has 1 aliphatic rings. The first-order chi connectivity index (χ1) is 11.8. The van der Waals surface area contributed by atoms with E-state index in [0.717, 1.165) is 35.7 Å². The smallest absolute Gasteiger partial charge is 0.407 e. The number of anilines is 1. The van der Waals surface area contributed by atoms with Gasteiger partial charge in [0.25, 0.3) is 0 Å². The number of hydrogen-bond donors (Lipinski definition) is 2. The lowest BCUT2D eigenvalue weighted by Crippen LogP contribution is -2.39. The Labute approximate surface area is 148 Å². The average Bonchev–Trinajstić information content (AvgIpc) is 2.53. The first kappa shape index (κ1) is 17.3. The highest BCUT2D eigenvalue weighted by atomic mass is 16.6. The SMILES string of the molecule is CC(C)(C)OC(=O)NC1CC=C(c2nc(N)cc3ccccc23)CC1. The molecule has 1 heterocycles. The molecule has 5 nitrogen and oxygen atoms in total. The number of pyridine rings is 1. The number of nitrogens with one attached hydrogen (secondary N) is 1. The molecule has 1 amide bonds. The second-order valence-corrected chi connectivity index (χ2v) is 7.46. The highest BCUT2D eigenvalue weighted by Gasteiger charge is 2.22. The first-order valence-electron chi connectivity index (χ1n) is 8.66. The van der Waals surface area contributed by atoms with Crippen molar-refractivity contribution in [3.63, 3.8) is 0 Å². The average molecular weight is 339 g/mol. The molecule has 1 atom stereocenters. The topological polar surface area (TPSA) is 77.2 Å². The number of amides is 1. The summed E-state index contributed by atoms with van der Waals surface area (Å²) in [5.41, 5.74) is 7.63. The molecule has 0 fully saturated rings. The van der Waals surface area contributed by atoms with Gasteiger partial charge in [-0.15, -0.1) is 0 Å². The zero-order chi connectivity index (χ0) is 18.0. The van der Waals surface area contributed by atoms with Crippen molar-refractivity contribution >= 4 is 28.3 Å². The van der Waals surface area contributed by atoms with Gasteiger partial charge in [-0.3, -0.25) is 0 Å². The number of ether oxygens (including phenoxy) is 1. The van der Waals surface area contributed by atoms with Gasteiger partial charge < -0.3 is 15.8 Å². The van der Waals surface area contributed by atoms with Crippen LogP contribution in [-0.4, -0.2) is 22.7 Å². The van der Waals surface area contributed by atoms with Crippen molar-refractivity contribution in [1.29, 1.82) is 0 Å². The predicted molar refractivity (Wildman–Crippen MR) is 101 cm³/mol. The van der Waals surface area contributed by atoms with Crippen LogP contribution in [0.15, 0.2) is 36.4 Å². The van der Waals surface area contributed by atoms with Crippen molar-refractivity contribution in [2.75, 3.05) is 5.73 Å². The van der Waals surface area contributed by atoms with Crippen molar-refractivity contribution in [2.24, 2.45) is 0 Å². The molecular weight excluding hydrogens is 314 g/mol. The van der Waals surface area contributed by atoms with Crippen LogP contribution < -0.4 is 11.1 Å². The van der Waals surface area contributed by atoms with Crippen LogP contribution in [0.3, 0.4) is 0 Å². The van der Waals surface area contributed by atoms with Crippen molar-refractivity contribution in [2.45, 2.75) is 51.7 Å². The molecule has 2 aromatic rings. The van der Waals surface area contributed by atoms with E-state index in [4.69, 9.17) is 10.5 Å². The molecule has 5 heteroatoms. The van der Waals surface area contributed by atoms with E-state index in [0.29, 0.717) is 5.82 Å². The lowest BCUT2D eigenvalue weighted by atomic mass is 9.91. The molecule has 1 aliphatic carbocycles. The van der Waals surface area contributed by atoms with Gasteiger partial charge in [-0.25, -0.2) is 9.78 Å². The number of alkyl carbamates (subject to hydrolysis) is 1. The van der Waals surface area contributed by atoms with Crippen LogP contribution in [0.2, 0.25) is 0 Å². The van der Waals surface area contributed by atoms with Crippen LogP contribution in [-0.2, 0) is 4.74 Å². The van der Waals surface area contributed by atoms with Gasteiger partial charge in [0.1, 0.15) is 11.4 Å². The fourth-order valence-corrected chi connectivity index (χ4v) is 3.12. The molecule has 0 saturated heterocycles. The number of nitrogens with zero attached hydrogens (tertiary/aromatic N) is 1. The van der Waals surface area contributed by atoms with Crippen molar-refractivity contribution in [1.82, 2.24) is 10.3 Å². The number of hydrogen-bond acceptors (Lipinski definition) is 4. The second-order valence-electron chi connectivity index (χ2n) is 7.46. The number of aromatic nitrogens is 1. The third kappa shape index (κ3) is 4.29. The van der Waals surface area contributed by atoms with Crippen molar-refractivity contribution in [3.05, 3.63) is 42.1 Å². The van der Waals surface area contributed by atoms with Gasteiger partial charge >= 0.3 is 6.09 Å². The van der Waals surface area contributed by atoms with E-state index in [1.54, 1.807) is 0 Å². The molecule has 1 unspecified atom stereocenters. The van der Waals surface area contributed by atoms with Gasteiger partial charge in [-0.05, 0) is 57.1 Å². The maximum absolute atomic E-state index is 11.9. The van der Waals surface area contributed by atoms with E-state index in [9.17, 15) is 4.79 Å². The highest BCUT2D eigenvalue weighted by molar-refractivity contribution is 5.93. The largest absolute Gasteiger partial charge is 0.444 e. The molecule has 25 heavy (non-hydrogen) atoms. The van der Waals surface area contributed by atoms with Crippen LogP contribution in [0.25, 0.3) is 16.3 Å². The van der Waals surface area contributed by atoms with Crippen LogP contribution in [0.5, 0.6) is 0 Å². The second kappa shape index (κ2) is 6.75. The zero-order valence-electron chi connectivity index (χ0n) is 15.0. The molecule has 1 aromatic heterocycles. The quantitative estimate of drug-likeness (QED) is 0.856. The van der Waals surface area contributed by atoms with Crippen molar-refractivity contribution < 1.29 is 9.53 Å². The van der Waals surface area contributed by atoms with E-state index in [-0.39, 0.29) is 12.1 Å². The minimum absolute atomic E-state index is 0.0888. The number of allylic oxidation sites excluding steroid dienone is 1. The fraction of sp³-hybridized carbons (Fsp3) is 0.400. The molecule has 0 bridgehead atoms. The van der Waals surface area contributed by atoms with Crippen LogP contribution in [0.1, 0.15) is 45.7 Å². The Balaban J connectivity index is 1.75. The number of benzene rings is 1. The molecule has 1 aromatic carbocycles. The van der Waals surface area contributed by atoms with Gasteiger partial charge in [0.15, 0.2) is 0 Å². The third-order valence-electron chi connectivity index (χ3n) is 4.20. The number of carbonyl (C=O) groups excluding carboxylic acids is 1. The van der Waals surface area contributed by atoms with Gasteiger partial charge in [-0.1, -0.05) is 30.3 Å². The molecular formula is C20H25N3O2. The van der Waals surface area contributed by atoms with Crippen molar-refractivity contribution in [3.8, 4) is 0 Å². The molecule has 132 valence electrons. The Bertz CT molecular complexity index is 821. The Morgan fingerprint density at radius 1 is 1.32 bits per heavy atom. The monoisotopic (exact) mass is 339 g/mol. The van der Waals surface area contributed by atoms with Crippen LogP contribution >= 0.6 is 0 Å². The molecule has 0 spiro atoms. The predicted octanol–water partition coefficient (Wildman–Crippen LogP) is 4.28. The summed E-state index contributed by atoms with van der Waals surface area (Å²) < 4.78 is 5.33. The summed E-state index contributed by atoms with van der Waals surface area (Å²) in [6.07, 6.45) is 4.26. The van der Waals surface area contributed by atoms with Gasteiger partial charge in [0.2, 0.25) is 0 Å². The lowest BCUT2D eigenvalue weighted by molar-refractivity contribution is 0.0502. The summed E-state index contributed by atoms with van der Waals surface area (Å²) in [7, 11) is 0. The maximum Gasteiger partial charge on any atom is 0.407 e. The van der Waals surface area contributed by atoms with Crippen LogP contribution in [0.4, 0.5) is 10.6 Å². The summed E-state index contributed by atoms with van der Waals surface area (Å²) in [6, 6.07) is 10.1. The molecule has 3 rings (SSSR count). The highest BCUT2D eigenvalue weighted by Crippen LogP contribution is 2.31. The Kier molecular flexibility index (Phi) is 4.66. The molecule has 0 radical (unpaired) electrons. The lowest BCUT2D eigenvalue weighted by Gasteiger charge is -2.26. The number of rotatable bonds is 2. The van der Waals surface area contributed by atoms with Gasteiger partial charge in [-0.2, -0.15) is 0 Å². The fourth-order valence-electron chi connectivity index (χ4n) is 3.12. The summed E-state index contributed by atoms with van der Waals surface area (Å²) >= 11 is 0. The Morgan fingerprint density at radius 2 is 2.08 bits per heavy atom. The summed E-state index contributed by atoms with van der Waals surface area (Å²) in [5.74, 6) is 0.531. The molecule has 0 aliphatic heterocycles. The maximum atomic E-state index is 11.9. The van der Waals surface area contributed by atoms with Gasteiger partial charge in [0.05, 0.1) is 5.69 Å². The number of nitrogens with two attached hydrogens (primary N) is 1. The van der Waals surface area contributed by atoms with E-state index < -0.39 is 5.60 Å². The first-order valence-corrected chi connectivity index (χ1v) is 8.66. The van der Waals surface area contributed by atoms with E-state index >= 15 is 0 Å². The zero-order valence-corrected chi connectivity index (χ0v) is 15.0. The number of fused-ring (bicyclic) bond motifs is 1.